The van der Waals surface area contributed by atoms with Crippen molar-refractivity contribution >= 4 is 8.25 Å². The molecule has 1 saturated heterocycles. The van der Waals surface area contributed by atoms with E-state index in [0.29, 0.717) is 13.0 Å². The number of hydrogen-bond donors (Lipinski definition) is 0. The molecule has 2 unspecified atom stereocenters. The van der Waals surface area contributed by atoms with Gasteiger partial charge in [0.25, 0.3) is 0 Å². The van der Waals surface area contributed by atoms with E-state index in [9.17, 15) is 4.57 Å². The highest BCUT2D eigenvalue weighted by Gasteiger charge is 2.36. The average molecular weight is 147 g/mol. The molecule has 1 rings (SSSR count). The van der Waals surface area contributed by atoms with Crippen molar-refractivity contribution in [3.8, 4) is 0 Å². The van der Waals surface area contributed by atoms with Gasteiger partial charge in [-0.25, -0.2) is 0 Å². The third kappa shape index (κ3) is 1.86. The van der Waals surface area contributed by atoms with Gasteiger partial charge in [0, 0.05) is 4.57 Å². The number of rotatable bonds is 2. The van der Waals surface area contributed by atoms with Gasteiger partial charge in [-0.05, 0) is 6.42 Å². The van der Waals surface area contributed by atoms with Gasteiger partial charge in [-0.3, -0.25) is 0 Å². The lowest BCUT2D eigenvalue weighted by atomic mass is 10.3. The van der Waals surface area contributed by atoms with E-state index in [-0.39, 0.29) is 6.10 Å². The summed E-state index contributed by atoms with van der Waals surface area (Å²) >= 11 is 0. The van der Waals surface area contributed by atoms with Crippen molar-refractivity contribution in [2.24, 2.45) is 0 Å². The first-order valence-electron chi connectivity index (χ1n) is 2.71. The molecule has 4 heteroatoms. The van der Waals surface area contributed by atoms with E-state index < -0.39 is 8.25 Å². The summed E-state index contributed by atoms with van der Waals surface area (Å²) < 4.78 is 19.9. The standard InChI is InChI=1S/C5H8O3P/c1-2-3-5-4-7-9(6)8-5/h2,5H,1,3-4H2/q+1. The first-order chi connectivity index (χ1) is 4.33. The molecule has 0 aromatic heterocycles. The lowest BCUT2D eigenvalue weighted by molar-refractivity contribution is 0.241. The van der Waals surface area contributed by atoms with E-state index in [1.165, 1.54) is 0 Å². The second kappa shape index (κ2) is 3.06. The van der Waals surface area contributed by atoms with Crippen LogP contribution in [0.25, 0.3) is 0 Å². The lowest BCUT2D eigenvalue weighted by Gasteiger charge is -1.91. The largest absolute Gasteiger partial charge is 0.697 e. The molecule has 1 aliphatic heterocycles. The molecule has 50 valence electrons. The molecule has 1 heterocycles. The van der Waals surface area contributed by atoms with E-state index in [2.05, 4.69) is 11.1 Å². The Hall–Kier alpha value is -0.240. The Bertz CT molecular complexity index is 134. The fraction of sp³-hybridized carbons (Fsp3) is 0.600. The molecule has 0 aliphatic carbocycles. The Balaban J connectivity index is 2.29. The van der Waals surface area contributed by atoms with Gasteiger partial charge in [-0.1, -0.05) is 6.08 Å². The van der Waals surface area contributed by atoms with E-state index in [4.69, 9.17) is 4.52 Å². The fourth-order valence-electron chi connectivity index (χ4n) is 0.624. The molecule has 3 nitrogen and oxygen atoms in total. The second-order valence-corrected chi connectivity index (χ2v) is 2.69. The molecule has 2 atom stereocenters. The predicted octanol–water partition coefficient (Wildman–Crippen LogP) is 1.64. The molecular weight excluding hydrogens is 139 g/mol. The first kappa shape index (κ1) is 6.87. The molecule has 1 fully saturated rings. The molecule has 1 aliphatic rings. The predicted molar refractivity (Wildman–Crippen MR) is 33.2 cm³/mol. The number of hydrogen-bond acceptors (Lipinski definition) is 3. The van der Waals surface area contributed by atoms with Crippen molar-refractivity contribution in [1.82, 2.24) is 0 Å². The summed E-state index contributed by atoms with van der Waals surface area (Å²) in [5.74, 6) is 0. The lowest BCUT2D eigenvalue weighted by Crippen LogP contribution is -2.05. The summed E-state index contributed by atoms with van der Waals surface area (Å²) in [6, 6.07) is 0. The Morgan fingerprint density at radius 3 is 3.11 bits per heavy atom. The molecule has 0 bridgehead atoms. The van der Waals surface area contributed by atoms with Gasteiger partial charge in [-0.15, -0.1) is 15.6 Å². The van der Waals surface area contributed by atoms with Gasteiger partial charge in [0.1, 0.15) is 12.7 Å². The van der Waals surface area contributed by atoms with E-state index in [0.717, 1.165) is 0 Å². The maximum atomic E-state index is 10.4. The Morgan fingerprint density at radius 1 is 1.89 bits per heavy atom. The summed E-state index contributed by atoms with van der Waals surface area (Å²) in [5.41, 5.74) is 0. The van der Waals surface area contributed by atoms with Gasteiger partial charge in [0.05, 0.1) is 0 Å². The minimum atomic E-state index is -1.81. The highest BCUT2D eigenvalue weighted by Crippen LogP contribution is 2.34. The van der Waals surface area contributed by atoms with Crippen LogP contribution in [0.3, 0.4) is 0 Å². The third-order valence-electron chi connectivity index (χ3n) is 1.03. The van der Waals surface area contributed by atoms with Crippen LogP contribution >= 0.6 is 8.25 Å². The van der Waals surface area contributed by atoms with Crippen molar-refractivity contribution in [2.45, 2.75) is 12.5 Å². The SMILES string of the molecule is C=CCC1CO[P+](=O)O1. The van der Waals surface area contributed by atoms with Crippen LogP contribution in [0.15, 0.2) is 12.7 Å². The van der Waals surface area contributed by atoms with Crippen LogP contribution in [0.2, 0.25) is 0 Å². The van der Waals surface area contributed by atoms with E-state index in [1.807, 2.05) is 0 Å². The molecule has 0 N–H and O–H groups in total. The minimum absolute atomic E-state index is 0.0360. The molecule has 0 aromatic carbocycles. The quantitative estimate of drug-likeness (QED) is 0.440. The fourth-order valence-corrected chi connectivity index (χ4v) is 1.36. The van der Waals surface area contributed by atoms with Crippen LogP contribution in [0.1, 0.15) is 6.42 Å². The van der Waals surface area contributed by atoms with Gasteiger partial charge < -0.3 is 0 Å². The van der Waals surface area contributed by atoms with Crippen molar-refractivity contribution in [2.75, 3.05) is 6.61 Å². The summed E-state index contributed by atoms with van der Waals surface area (Å²) in [7, 11) is -1.81. The smallest absolute Gasteiger partial charge is 0.116 e. The van der Waals surface area contributed by atoms with Crippen molar-refractivity contribution < 1.29 is 13.6 Å². The highest BCUT2D eigenvalue weighted by molar-refractivity contribution is 7.33. The highest BCUT2D eigenvalue weighted by atomic mass is 31.1. The van der Waals surface area contributed by atoms with Crippen LogP contribution in [0.4, 0.5) is 0 Å². The van der Waals surface area contributed by atoms with Crippen LogP contribution in [0.5, 0.6) is 0 Å². The molecule has 0 amide bonds. The molecule has 0 aromatic rings. The van der Waals surface area contributed by atoms with Crippen LogP contribution in [-0.4, -0.2) is 12.7 Å². The molecule has 9 heavy (non-hydrogen) atoms. The molecular formula is C5H8O3P+. The van der Waals surface area contributed by atoms with Gasteiger partial charge >= 0.3 is 8.25 Å². The zero-order valence-corrected chi connectivity index (χ0v) is 5.84. The topological polar surface area (TPSA) is 35.5 Å². The maximum absolute atomic E-state index is 10.4. The van der Waals surface area contributed by atoms with Crippen molar-refractivity contribution in [3.63, 3.8) is 0 Å². The first-order valence-corrected chi connectivity index (χ1v) is 3.80. The maximum Gasteiger partial charge on any atom is 0.697 e. The third-order valence-corrected chi connectivity index (χ3v) is 1.86. The van der Waals surface area contributed by atoms with Gasteiger partial charge in [0.2, 0.25) is 0 Å². The molecule has 0 saturated carbocycles. The van der Waals surface area contributed by atoms with Gasteiger partial charge in [-0.2, -0.15) is 0 Å². The van der Waals surface area contributed by atoms with Crippen molar-refractivity contribution in [3.05, 3.63) is 12.7 Å². The summed E-state index contributed by atoms with van der Waals surface area (Å²) in [6.45, 7) is 3.95. The monoisotopic (exact) mass is 147 g/mol. The van der Waals surface area contributed by atoms with Crippen LogP contribution in [0, 0.1) is 0 Å². The summed E-state index contributed by atoms with van der Waals surface area (Å²) in [4.78, 5) is 0. The Morgan fingerprint density at radius 2 is 2.67 bits per heavy atom. The van der Waals surface area contributed by atoms with Gasteiger partial charge in [0.15, 0.2) is 0 Å². The van der Waals surface area contributed by atoms with E-state index >= 15 is 0 Å². The van der Waals surface area contributed by atoms with E-state index in [1.54, 1.807) is 6.08 Å². The van der Waals surface area contributed by atoms with Crippen molar-refractivity contribution in [1.29, 1.82) is 0 Å². The summed E-state index contributed by atoms with van der Waals surface area (Å²) in [6.07, 6.45) is 2.40. The summed E-state index contributed by atoms with van der Waals surface area (Å²) in [5, 5.41) is 0. The zero-order chi connectivity index (χ0) is 6.69. The second-order valence-electron chi connectivity index (χ2n) is 1.77. The Labute approximate surface area is 54.6 Å². The average Bonchev–Trinajstić information content (AvgIpc) is 2.17. The molecule has 0 spiro atoms. The van der Waals surface area contributed by atoms with Crippen LogP contribution in [-0.2, 0) is 13.6 Å². The molecule has 0 radical (unpaired) electrons. The normalized spacial score (nSPS) is 30.7. The zero-order valence-electron chi connectivity index (χ0n) is 4.95. The Kier molecular flexibility index (Phi) is 2.34. The minimum Gasteiger partial charge on any atom is -0.116 e. The van der Waals surface area contributed by atoms with Crippen LogP contribution < -0.4 is 0 Å².